The van der Waals surface area contributed by atoms with Gasteiger partial charge in [0.25, 0.3) is 0 Å². The van der Waals surface area contributed by atoms with Crippen LogP contribution in [0.15, 0.2) is 53.6 Å². The first-order valence-corrected chi connectivity index (χ1v) is 8.75. The SMILES string of the molecule is O=C(Cc1cccc(C(F)(F)F)c1)N/N=C\c1ccc(N2CCCC2)cc1. The van der Waals surface area contributed by atoms with Crippen molar-refractivity contribution in [1.29, 1.82) is 0 Å². The fourth-order valence-corrected chi connectivity index (χ4v) is 3.01. The number of nitrogens with zero attached hydrogens (tertiary/aromatic N) is 2. The van der Waals surface area contributed by atoms with Crippen LogP contribution in [0.5, 0.6) is 0 Å². The van der Waals surface area contributed by atoms with Crippen molar-refractivity contribution in [2.45, 2.75) is 25.4 Å². The Morgan fingerprint density at radius 2 is 1.81 bits per heavy atom. The molecule has 1 aliphatic heterocycles. The lowest BCUT2D eigenvalue weighted by Crippen LogP contribution is -2.20. The maximum Gasteiger partial charge on any atom is 0.416 e. The second-order valence-corrected chi connectivity index (χ2v) is 6.45. The predicted molar refractivity (Wildman–Crippen MR) is 98.8 cm³/mol. The summed E-state index contributed by atoms with van der Waals surface area (Å²) in [6, 6.07) is 12.6. The second kappa shape index (κ2) is 8.24. The largest absolute Gasteiger partial charge is 0.416 e. The molecular weight excluding hydrogens is 355 g/mol. The Balaban J connectivity index is 1.53. The molecule has 0 atom stereocenters. The monoisotopic (exact) mass is 375 g/mol. The molecule has 7 heteroatoms. The topological polar surface area (TPSA) is 44.7 Å². The van der Waals surface area contributed by atoms with E-state index in [1.807, 2.05) is 24.3 Å². The molecule has 0 aromatic heterocycles. The summed E-state index contributed by atoms with van der Waals surface area (Å²) in [5.74, 6) is -0.473. The van der Waals surface area contributed by atoms with Crippen LogP contribution in [0.25, 0.3) is 0 Å². The van der Waals surface area contributed by atoms with Gasteiger partial charge in [-0.05, 0) is 42.2 Å². The molecule has 1 saturated heterocycles. The first kappa shape index (κ1) is 18.9. The van der Waals surface area contributed by atoms with Crippen LogP contribution in [0.1, 0.15) is 29.5 Å². The average molecular weight is 375 g/mol. The third kappa shape index (κ3) is 5.32. The van der Waals surface area contributed by atoms with Crippen molar-refractivity contribution in [3.63, 3.8) is 0 Å². The Kier molecular flexibility index (Phi) is 5.78. The van der Waals surface area contributed by atoms with Gasteiger partial charge in [-0.1, -0.05) is 30.3 Å². The highest BCUT2D eigenvalue weighted by Gasteiger charge is 2.30. The molecule has 0 aliphatic carbocycles. The molecule has 142 valence electrons. The summed E-state index contributed by atoms with van der Waals surface area (Å²) in [4.78, 5) is 14.2. The highest BCUT2D eigenvalue weighted by molar-refractivity contribution is 5.83. The summed E-state index contributed by atoms with van der Waals surface area (Å²) in [6.07, 6.45) is -0.666. The minimum absolute atomic E-state index is 0.171. The van der Waals surface area contributed by atoms with Crippen molar-refractivity contribution >= 4 is 17.8 Å². The van der Waals surface area contributed by atoms with Gasteiger partial charge < -0.3 is 4.90 Å². The minimum atomic E-state index is -4.42. The molecule has 1 N–H and O–H groups in total. The number of amides is 1. The van der Waals surface area contributed by atoms with Gasteiger partial charge in [-0.15, -0.1) is 0 Å². The minimum Gasteiger partial charge on any atom is -0.372 e. The molecule has 0 saturated carbocycles. The van der Waals surface area contributed by atoms with E-state index in [9.17, 15) is 18.0 Å². The van der Waals surface area contributed by atoms with Crippen molar-refractivity contribution < 1.29 is 18.0 Å². The fourth-order valence-electron chi connectivity index (χ4n) is 3.01. The number of carbonyl (C=O) groups is 1. The molecule has 27 heavy (non-hydrogen) atoms. The maximum atomic E-state index is 12.7. The van der Waals surface area contributed by atoms with E-state index >= 15 is 0 Å². The normalized spacial score (nSPS) is 14.7. The summed E-state index contributed by atoms with van der Waals surface area (Å²) in [7, 11) is 0. The molecule has 0 spiro atoms. The molecule has 1 heterocycles. The molecule has 1 aliphatic rings. The Morgan fingerprint density at radius 3 is 2.48 bits per heavy atom. The van der Waals surface area contributed by atoms with E-state index in [0.717, 1.165) is 30.8 Å². The van der Waals surface area contributed by atoms with Crippen molar-refractivity contribution in [2.75, 3.05) is 18.0 Å². The third-order valence-electron chi connectivity index (χ3n) is 4.39. The molecule has 1 amide bonds. The van der Waals surface area contributed by atoms with Crippen LogP contribution in [0, 0.1) is 0 Å². The summed E-state index contributed by atoms with van der Waals surface area (Å²) in [5.41, 5.74) is 3.86. The van der Waals surface area contributed by atoms with E-state index in [-0.39, 0.29) is 12.0 Å². The summed E-state index contributed by atoms with van der Waals surface area (Å²) < 4.78 is 38.1. The summed E-state index contributed by atoms with van der Waals surface area (Å²) in [5, 5.41) is 3.88. The molecule has 4 nitrogen and oxygen atoms in total. The van der Waals surface area contributed by atoms with Crippen molar-refractivity contribution in [2.24, 2.45) is 5.10 Å². The molecule has 1 fully saturated rings. The number of hydrogen-bond acceptors (Lipinski definition) is 3. The number of halogens is 3. The number of hydrogen-bond donors (Lipinski definition) is 1. The van der Waals surface area contributed by atoms with Crippen LogP contribution < -0.4 is 10.3 Å². The summed E-state index contributed by atoms with van der Waals surface area (Å²) in [6.45, 7) is 2.14. The van der Waals surface area contributed by atoms with Crippen LogP contribution in [0.2, 0.25) is 0 Å². The number of carbonyl (C=O) groups excluding carboxylic acids is 1. The van der Waals surface area contributed by atoms with Crippen LogP contribution in [0.4, 0.5) is 18.9 Å². The zero-order valence-corrected chi connectivity index (χ0v) is 14.7. The second-order valence-electron chi connectivity index (χ2n) is 6.45. The van der Waals surface area contributed by atoms with Gasteiger partial charge in [0.05, 0.1) is 18.2 Å². The predicted octanol–water partition coefficient (Wildman–Crippen LogP) is 4.00. The van der Waals surface area contributed by atoms with Gasteiger partial charge in [0.2, 0.25) is 5.91 Å². The number of rotatable bonds is 5. The highest BCUT2D eigenvalue weighted by Crippen LogP contribution is 2.29. The van der Waals surface area contributed by atoms with Gasteiger partial charge in [-0.3, -0.25) is 4.79 Å². The van der Waals surface area contributed by atoms with E-state index in [2.05, 4.69) is 15.4 Å². The Morgan fingerprint density at radius 1 is 1.11 bits per heavy atom. The first-order valence-electron chi connectivity index (χ1n) is 8.75. The maximum absolute atomic E-state index is 12.7. The zero-order valence-electron chi connectivity index (χ0n) is 14.7. The summed E-state index contributed by atoms with van der Waals surface area (Å²) >= 11 is 0. The molecule has 2 aromatic rings. The lowest BCUT2D eigenvalue weighted by Gasteiger charge is -2.17. The molecule has 0 unspecified atom stereocenters. The fraction of sp³-hybridized carbons (Fsp3) is 0.300. The quantitative estimate of drug-likeness (QED) is 0.634. The first-order chi connectivity index (χ1) is 12.9. The number of alkyl halides is 3. The van der Waals surface area contributed by atoms with Gasteiger partial charge >= 0.3 is 6.18 Å². The lowest BCUT2D eigenvalue weighted by atomic mass is 10.1. The van der Waals surface area contributed by atoms with Crippen molar-refractivity contribution in [1.82, 2.24) is 5.43 Å². The molecule has 3 rings (SSSR count). The van der Waals surface area contributed by atoms with Crippen LogP contribution >= 0.6 is 0 Å². The van der Waals surface area contributed by atoms with Gasteiger partial charge in [0.15, 0.2) is 0 Å². The standard InChI is InChI=1S/C20H20F3N3O/c21-20(22,23)17-5-3-4-16(12-17)13-19(27)25-24-14-15-6-8-18(9-7-15)26-10-1-2-11-26/h3-9,12,14H,1-2,10-11,13H2,(H,25,27)/b24-14-. The van der Waals surface area contributed by atoms with Crippen LogP contribution in [-0.2, 0) is 17.4 Å². The zero-order chi connectivity index (χ0) is 19.3. The lowest BCUT2D eigenvalue weighted by molar-refractivity contribution is -0.137. The van der Waals surface area contributed by atoms with Crippen LogP contribution in [-0.4, -0.2) is 25.2 Å². The van der Waals surface area contributed by atoms with Gasteiger partial charge in [-0.25, -0.2) is 5.43 Å². The van der Waals surface area contributed by atoms with E-state index in [1.54, 1.807) is 0 Å². The van der Waals surface area contributed by atoms with E-state index in [1.165, 1.54) is 36.9 Å². The van der Waals surface area contributed by atoms with Gasteiger partial charge in [0.1, 0.15) is 0 Å². The Bertz CT molecular complexity index is 810. The van der Waals surface area contributed by atoms with E-state index in [4.69, 9.17) is 0 Å². The Labute approximate surface area is 155 Å². The van der Waals surface area contributed by atoms with Crippen molar-refractivity contribution in [3.05, 3.63) is 65.2 Å². The third-order valence-corrected chi connectivity index (χ3v) is 4.39. The average Bonchev–Trinajstić information content (AvgIpc) is 3.16. The smallest absolute Gasteiger partial charge is 0.372 e. The Hall–Kier alpha value is -2.83. The van der Waals surface area contributed by atoms with E-state index in [0.29, 0.717) is 0 Å². The van der Waals surface area contributed by atoms with Gasteiger partial charge in [0, 0.05) is 18.8 Å². The number of nitrogens with one attached hydrogen (secondary N) is 1. The number of hydrazone groups is 1. The number of anilines is 1. The highest BCUT2D eigenvalue weighted by atomic mass is 19.4. The van der Waals surface area contributed by atoms with Crippen LogP contribution in [0.3, 0.4) is 0 Å². The number of benzene rings is 2. The molecule has 0 radical (unpaired) electrons. The molecule has 2 aromatic carbocycles. The molecular formula is C20H20F3N3O. The van der Waals surface area contributed by atoms with Crippen molar-refractivity contribution in [3.8, 4) is 0 Å². The molecule has 0 bridgehead atoms. The van der Waals surface area contributed by atoms with E-state index < -0.39 is 17.6 Å². The van der Waals surface area contributed by atoms with Gasteiger partial charge in [-0.2, -0.15) is 18.3 Å².